The Morgan fingerprint density at radius 3 is 2.12 bits per heavy atom. The van der Waals surface area contributed by atoms with Gasteiger partial charge in [-0.1, -0.05) is 26.0 Å². The predicted molar refractivity (Wildman–Crippen MR) is 142 cm³/mol. The van der Waals surface area contributed by atoms with Crippen LogP contribution in [0.2, 0.25) is 0 Å². The number of carbonyl (C=O) groups excluding carboxylic acids is 7. The highest BCUT2D eigenvalue weighted by molar-refractivity contribution is 6.14. The molecule has 14 heteroatoms. The quantitative estimate of drug-likeness (QED) is 0.116. The van der Waals surface area contributed by atoms with E-state index in [0.29, 0.717) is 17.7 Å². The molecule has 0 unspecified atom stereocenters. The van der Waals surface area contributed by atoms with E-state index in [1.807, 2.05) is 0 Å². The Labute approximate surface area is 231 Å². The number of urea groups is 1. The van der Waals surface area contributed by atoms with E-state index in [1.165, 1.54) is 6.92 Å². The number of nitrogens with zero attached hydrogens (tertiary/aromatic N) is 1. The van der Waals surface area contributed by atoms with E-state index in [0.717, 1.165) is 17.1 Å². The van der Waals surface area contributed by atoms with Gasteiger partial charge >= 0.3 is 12.0 Å². The first-order valence-electron chi connectivity index (χ1n) is 12.6. The highest BCUT2D eigenvalue weighted by Crippen LogP contribution is 2.13. The van der Waals surface area contributed by atoms with E-state index in [9.17, 15) is 33.6 Å². The second-order valence-corrected chi connectivity index (χ2v) is 9.35. The van der Waals surface area contributed by atoms with Gasteiger partial charge in [-0.25, -0.2) is 4.79 Å². The summed E-state index contributed by atoms with van der Waals surface area (Å²) >= 11 is 0. The minimum atomic E-state index is -1.08. The molecule has 6 N–H and O–H groups in total. The van der Waals surface area contributed by atoms with E-state index in [4.69, 9.17) is 10.5 Å². The number of anilines is 1. The van der Waals surface area contributed by atoms with Crippen molar-refractivity contribution in [2.45, 2.75) is 52.3 Å². The normalized spacial score (nSPS) is 13.9. The number of amides is 7. The van der Waals surface area contributed by atoms with Gasteiger partial charge in [0.15, 0.2) is 0 Å². The first kappa shape index (κ1) is 31.5. The Hall–Kier alpha value is -4.75. The van der Waals surface area contributed by atoms with E-state index >= 15 is 0 Å². The molecule has 0 fully saturated rings. The van der Waals surface area contributed by atoms with Crippen molar-refractivity contribution in [3.8, 4) is 0 Å². The molecule has 0 aliphatic carbocycles. The maximum atomic E-state index is 13.2. The largest absolute Gasteiger partial charge is 0.461 e. The Morgan fingerprint density at radius 1 is 0.950 bits per heavy atom. The number of carbonyl (C=O) groups is 7. The Morgan fingerprint density at radius 2 is 1.57 bits per heavy atom. The molecular weight excluding hydrogens is 524 g/mol. The molecule has 0 bridgehead atoms. The Kier molecular flexibility index (Phi) is 11.8. The van der Waals surface area contributed by atoms with Crippen molar-refractivity contribution < 1.29 is 38.3 Å². The molecule has 1 aliphatic heterocycles. The van der Waals surface area contributed by atoms with Crippen LogP contribution in [0.1, 0.15) is 39.2 Å². The zero-order chi connectivity index (χ0) is 29.8. The van der Waals surface area contributed by atoms with Gasteiger partial charge in [-0.15, -0.1) is 0 Å². The molecule has 1 aromatic rings. The van der Waals surface area contributed by atoms with Crippen LogP contribution in [0.3, 0.4) is 0 Å². The highest BCUT2D eigenvalue weighted by Gasteiger charge is 2.31. The van der Waals surface area contributed by atoms with Gasteiger partial charge in [0.2, 0.25) is 17.7 Å². The molecule has 1 aliphatic rings. The molecule has 0 spiro atoms. The van der Waals surface area contributed by atoms with Gasteiger partial charge in [0.1, 0.15) is 25.2 Å². The van der Waals surface area contributed by atoms with Gasteiger partial charge in [-0.3, -0.25) is 33.7 Å². The number of nitrogens with one attached hydrogen (secondary N) is 4. The molecular formula is C26H34N6O8. The summed E-state index contributed by atoms with van der Waals surface area (Å²) in [6, 6.07) is 3.69. The summed E-state index contributed by atoms with van der Waals surface area (Å²) < 4.78 is 4.94. The molecule has 1 heterocycles. The van der Waals surface area contributed by atoms with Crippen LogP contribution in [0.15, 0.2) is 36.4 Å². The summed E-state index contributed by atoms with van der Waals surface area (Å²) in [5.41, 5.74) is 6.21. The zero-order valence-corrected chi connectivity index (χ0v) is 22.5. The van der Waals surface area contributed by atoms with E-state index < -0.39 is 66.1 Å². The minimum absolute atomic E-state index is 0.0774. The van der Waals surface area contributed by atoms with Gasteiger partial charge in [0, 0.05) is 31.3 Å². The van der Waals surface area contributed by atoms with Crippen LogP contribution >= 0.6 is 0 Å². The van der Waals surface area contributed by atoms with E-state index in [-0.39, 0.29) is 19.6 Å². The van der Waals surface area contributed by atoms with Crippen molar-refractivity contribution in [3.63, 3.8) is 0 Å². The average Bonchev–Trinajstić information content (AvgIpc) is 3.20. The first-order chi connectivity index (χ1) is 18.9. The highest BCUT2D eigenvalue weighted by atomic mass is 16.5. The van der Waals surface area contributed by atoms with Crippen LogP contribution in [0.4, 0.5) is 10.5 Å². The van der Waals surface area contributed by atoms with Crippen LogP contribution in [-0.4, -0.2) is 71.6 Å². The lowest BCUT2D eigenvalue weighted by molar-refractivity contribution is -0.142. The summed E-state index contributed by atoms with van der Waals surface area (Å²) in [7, 11) is 0. The summed E-state index contributed by atoms with van der Waals surface area (Å²) in [6.07, 6.45) is 2.52. The molecule has 40 heavy (non-hydrogen) atoms. The predicted octanol–water partition coefficient (Wildman–Crippen LogP) is -0.313. The molecule has 7 amide bonds. The fraction of sp³-hybridized carbons (Fsp3) is 0.423. The van der Waals surface area contributed by atoms with Crippen molar-refractivity contribution in [1.82, 2.24) is 20.9 Å². The van der Waals surface area contributed by atoms with Crippen LogP contribution in [0.25, 0.3) is 0 Å². The second kappa shape index (κ2) is 15.0. The van der Waals surface area contributed by atoms with Crippen molar-refractivity contribution in [2.75, 3.05) is 18.4 Å². The summed E-state index contributed by atoms with van der Waals surface area (Å²) in [4.78, 5) is 85.0. The fourth-order valence-electron chi connectivity index (χ4n) is 3.63. The summed E-state index contributed by atoms with van der Waals surface area (Å²) in [6.45, 7) is 4.34. The Bertz CT molecular complexity index is 1150. The van der Waals surface area contributed by atoms with Gasteiger partial charge < -0.3 is 31.7 Å². The minimum Gasteiger partial charge on any atom is -0.461 e. The van der Waals surface area contributed by atoms with Crippen molar-refractivity contribution in [3.05, 3.63) is 42.0 Å². The number of hydrogen-bond donors (Lipinski definition) is 5. The first-order valence-corrected chi connectivity index (χ1v) is 12.6. The molecule has 2 rings (SSSR count). The number of benzene rings is 1. The molecule has 1 aromatic carbocycles. The van der Waals surface area contributed by atoms with Crippen molar-refractivity contribution >= 4 is 47.2 Å². The molecule has 0 radical (unpaired) electrons. The topological polar surface area (TPSA) is 206 Å². The van der Waals surface area contributed by atoms with E-state index in [2.05, 4.69) is 21.3 Å². The third-order valence-corrected chi connectivity index (χ3v) is 5.73. The maximum absolute atomic E-state index is 13.2. The summed E-state index contributed by atoms with van der Waals surface area (Å²) in [5, 5.41) is 10.3. The van der Waals surface area contributed by atoms with Gasteiger partial charge in [-0.2, -0.15) is 0 Å². The number of esters is 1. The number of rotatable bonds is 14. The molecule has 0 saturated heterocycles. The number of hydrogen-bond acceptors (Lipinski definition) is 8. The molecule has 0 saturated carbocycles. The van der Waals surface area contributed by atoms with Gasteiger partial charge in [-0.05, 0) is 36.5 Å². The lowest BCUT2D eigenvalue weighted by Crippen LogP contribution is -2.56. The third-order valence-electron chi connectivity index (χ3n) is 5.73. The molecule has 14 nitrogen and oxygen atoms in total. The number of nitrogens with two attached hydrogens (primary N) is 1. The summed E-state index contributed by atoms with van der Waals surface area (Å²) in [5.74, 6) is -4.02. The maximum Gasteiger partial charge on any atom is 0.312 e. The zero-order valence-electron chi connectivity index (χ0n) is 22.5. The third kappa shape index (κ3) is 10.2. The number of imide groups is 1. The molecule has 0 aromatic heterocycles. The SMILES string of the molecule is CC(=O)OCc1ccc(NC(=O)[C@H](CCCNC(N)=O)NC(=O)[C@@H](NC(=O)CN2C(=O)C=CC2=O)C(C)C)cc1. The van der Waals surface area contributed by atoms with Crippen LogP contribution < -0.4 is 27.0 Å². The van der Waals surface area contributed by atoms with E-state index in [1.54, 1.807) is 38.1 Å². The van der Waals surface area contributed by atoms with Crippen LogP contribution in [0, 0.1) is 5.92 Å². The smallest absolute Gasteiger partial charge is 0.312 e. The number of ether oxygens (including phenoxy) is 1. The lowest BCUT2D eigenvalue weighted by Gasteiger charge is -2.26. The number of primary amides is 1. The van der Waals surface area contributed by atoms with Crippen LogP contribution in [0.5, 0.6) is 0 Å². The van der Waals surface area contributed by atoms with Crippen molar-refractivity contribution in [2.24, 2.45) is 11.7 Å². The molecule has 216 valence electrons. The van der Waals surface area contributed by atoms with Crippen molar-refractivity contribution in [1.29, 1.82) is 0 Å². The monoisotopic (exact) mass is 558 g/mol. The van der Waals surface area contributed by atoms with Gasteiger partial charge in [0.25, 0.3) is 11.8 Å². The molecule has 2 atom stereocenters. The van der Waals surface area contributed by atoms with Crippen LogP contribution in [-0.2, 0) is 40.1 Å². The fourth-order valence-corrected chi connectivity index (χ4v) is 3.63. The second-order valence-electron chi connectivity index (χ2n) is 9.35. The lowest BCUT2D eigenvalue weighted by atomic mass is 10.0. The standard InChI is InChI=1S/C26H34N6O8/c1-15(2)23(31-20(34)13-32-21(35)10-11-22(32)36)25(38)30-19(5-4-12-28-26(27)39)24(37)29-18-8-6-17(7-9-18)14-40-16(3)33/h6-11,15,19,23H,4-5,12-14H2,1-3H3,(H,29,37)(H,30,38)(H,31,34)(H3,27,28,39)/t19-,23-/m0/s1. The Balaban J connectivity index is 2.08. The van der Waals surface area contributed by atoms with Gasteiger partial charge in [0.05, 0.1) is 0 Å². The average molecular weight is 559 g/mol.